The van der Waals surface area contributed by atoms with E-state index in [2.05, 4.69) is 0 Å². The van der Waals surface area contributed by atoms with Gasteiger partial charge in [-0.2, -0.15) is 0 Å². The third kappa shape index (κ3) is 7.06. The number of ketones is 1. The van der Waals surface area contributed by atoms with Gasteiger partial charge in [0.2, 0.25) is 12.1 Å². The Morgan fingerprint density at radius 1 is 0.854 bits per heavy atom. The summed E-state index contributed by atoms with van der Waals surface area (Å²) in [6.45, 7) is 0.405. The average molecular weight is 671 g/mol. The Hall–Kier alpha value is -5.55. The number of Topliss-reactive ketones (excluding diaryl/α,β-unsaturated/α-hetero) is 1. The van der Waals surface area contributed by atoms with E-state index in [-0.39, 0.29) is 22.8 Å². The van der Waals surface area contributed by atoms with Crippen LogP contribution in [0.2, 0.25) is 0 Å². The number of benzene rings is 3. The number of phenolic OH excluding ortho intramolecular Hbond substituents is 5. The van der Waals surface area contributed by atoms with Crippen LogP contribution in [0.1, 0.15) is 34.5 Å². The second-order valence-electron chi connectivity index (χ2n) is 10.8. The second-order valence-corrected chi connectivity index (χ2v) is 10.8. The van der Waals surface area contributed by atoms with Gasteiger partial charge in [-0.3, -0.25) is 9.59 Å². The highest BCUT2D eigenvalue weighted by molar-refractivity contribution is 6.05. The van der Waals surface area contributed by atoms with E-state index in [1.807, 2.05) is 0 Å². The Bertz CT molecular complexity index is 1750. The summed E-state index contributed by atoms with van der Waals surface area (Å²) in [6.07, 6.45) is -9.24. The summed E-state index contributed by atoms with van der Waals surface area (Å²) in [5.41, 5.74) is 0.0649. The number of hydrogen-bond donors (Lipinski definition) is 8. The highest BCUT2D eigenvalue weighted by Gasteiger charge is 2.48. The van der Waals surface area contributed by atoms with Gasteiger partial charge in [-0.05, 0) is 41.5 Å². The number of aliphatic hydroxyl groups is 3. The molecule has 7 unspecified atom stereocenters. The van der Waals surface area contributed by atoms with E-state index in [0.717, 1.165) is 37.3 Å². The van der Waals surface area contributed by atoms with Gasteiger partial charge in [0.1, 0.15) is 47.7 Å². The van der Waals surface area contributed by atoms with Gasteiger partial charge in [0.15, 0.2) is 41.3 Å². The molecular weight excluding hydrogens is 640 g/mol. The molecule has 3 aromatic carbocycles. The molecule has 0 bridgehead atoms. The molecule has 0 saturated carbocycles. The van der Waals surface area contributed by atoms with Gasteiger partial charge >= 0.3 is 11.9 Å². The summed E-state index contributed by atoms with van der Waals surface area (Å²) < 4.78 is 27.5. The van der Waals surface area contributed by atoms with Gasteiger partial charge < -0.3 is 64.5 Å². The predicted octanol–water partition coefficient (Wildman–Crippen LogP) is 0.906. The lowest BCUT2D eigenvalue weighted by Crippen LogP contribution is -2.61. The molecule has 8 N–H and O–H groups in total. The Labute approximate surface area is 270 Å². The fourth-order valence-corrected chi connectivity index (χ4v) is 5.05. The van der Waals surface area contributed by atoms with E-state index in [9.17, 15) is 55.2 Å². The maximum Gasteiger partial charge on any atom is 0.330 e. The summed E-state index contributed by atoms with van der Waals surface area (Å²) in [6, 6.07) is 9.43. The van der Waals surface area contributed by atoms with Crippen molar-refractivity contribution in [3.8, 4) is 40.2 Å². The van der Waals surface area contributed by atoms with Gasteiger partial charge in [0.25, 0.3) is 0 Å². The lowest BCUT2D eigenvalue weighted by Gasteiger charge is -2.41. The summed E-state index contributed by atoms with van der Waals surface area (Å²) in [5, 5.41) is 81.3. The van der Waals surface area contributed by atoms with Gasteiger partial charge in [-0.1, -0.05) is 12.1 Å². The number of rotatable bonds is 8. The SMILES string of the molecule is CC(=O)OC1C(Oc2cc(O)c3c(c2)OC(c2ccc(O)c(O)c2)C(O)C3=O)OC(COC(=O)C=Cc2ccc(O)c(O)c2)C(O)C1O. The molecule has 0 aromatic heterocycles. The molecule has 2 aliphatic rings. The van der Waals surface area contributed by atoms with Crippen molar-refractivity contribution in [1.29, 1.82) is 0 Å². The molecule has 5 rings (SSSR count). The zero-order chi connectivity index (χ0) is 34.9. The van der Waals surface area contributed by atoms with Crippen LogP contribution in [-0.2, 0) is 23.8 Å². The van der Waals surface area contributed by atoms with E-state index in [4.69, 9.17) is 23.7 Å². The quantitative estimate of drug-likeness (QED) is 0.0941. The van der Waals surface area contributed by atoms with E-state index in [0.29, 0.717) is 5.56 Å². The standard InChI is InChI=1S/C32H30O16/c1-13(33)45-31-28(42)26(40)23(12-44-24(39)7-3-14-2-5-17(34)19(36)8-14)48-32(31)46-16-10-21(38)25-22(11-16)47-30(29(43)27(25)41)15-4-6-18(35)20(37)9-15/h2-11,23,26,28-32,34-38,40,42-43H,12H2,1H3. The number of hydrogen-bond acceptors (Lipinski definition) is 16. The van der Waals surface area contributed by atoms with Crippen LogP contribution in [0, 0.1) is 0 Å². The van der Waals surface area contributed by atoms with Crippen LogP contribution in [-0.4, -0.2) is 102 Å². The van der Waals surface area contributed by atoms with Crippen LogP contribution in [0.4, 0.5) is 0 Å². The Morgan fingerprint density at radius 2 is 1.54 bits per heavy atom. The predicted molar refractivity (Wildman–Crippen MR) is 158 cm³/mol. The lowest BCUT2D eigenvalue weighted by atomic mass is 9.92. The van der Waals surface area contributed by atoms with Crippen LogP contribution < -0.4 is 9.47 Å². The molecule has 0 aliphatic carbocycles. The molecular formula is C32H30O16. The van der Waals surface area contributed by atoms with E-state index < -0.39 is 95.8 Å². The number of carbonyl (C=O) groups excluding carboxylic acids is 3. The first kappa shape index (κ1) is 33.8. The van der Waals surface area contributed by atoms with E-state index >= 15 is 0 Å². The zero-order valence-corrected chi connectivity index (χ0v) is 24.9. The Balaban J connectivity index is 1.35. The van der Waals surface area contributed by atoms with Crippen LogP contribution in [0.15, 0.2) is 54.6 Å². The number of fused-ring (bicyclic) bond motifs is 1. The van der Waals surface area contributed by atoms with Gasteiger partial charge in [0, 0.05) is 25.1 Å². The van der Waals surface area contributed by atoms with Crippen molar-refractivity contribution in [2.75, 3.05) is 6.61 Å². The summed E-state index contributed by atoms with van der Waals surface area (Å²) in [7, 11) is 0. The van der Waals surface area contributed by atoms with Crippen LogP contribution in [0.5, 0.6) is 40.2 Å². The molecule has 0 amide bonds. The van der Waals surface area contributed by atoms with Crippen molar-refractivity contribution in [3.63, 3.8) is 0 Å². The lowest BCUT2D eigenvalue weighted by molar-refractivity contribution is -0.282. The molecule has 3 aromatic rings. The van der Waals surface area contributed by atoms with Gasteiger partial charge in [0.05, 0.1) is 0 Å². The molecule has 254 valence electrons. The first-order valence-electron chi connectivity index (χ1n) is 14.2. The number of aromatic hydroxyl groups is 5. The highest BCUT2D eigenvalue weighted by atomic mass is 16.7. The maximum atomic E-state index is 13.0. The Kier molecular flexibility index (Phi) is 9.62. The number of ether oxygens (including phenoxy) is 5. The van der Waals surface area contributed by atoms with Crippen molar-refractivity contribution in [2.45, 2.75) is 49.8 Å². The molecule has 7 atom stereocenters. The summed E-state index contributed by atoms with van der Waals surface area (Å²) in [5.74, 6) is -5.67. The molecule has 1 fully saturated rings. The van der Waals surface area contributed by atoms with Crippen LogP contribution in [0.25, 0.3) is 6.08 Å². The fourth-order valence-electron chi connectivity index (χ4n) is 5.05. The van der Waals surface area contributed by atoms with Crippen LogP contribution >= 0.6 is 0 Å². The topological polar surface area (TPSA) is 259 Å². The molecule has 0 radical (unpaired) electrons. The van der Waals surface area contributed by atoms with Crippen molar-refractivity contribution < 1.29 is 78.9 Å². The second kappa shape index (κ2) is 13.7. The van der Waals surface area contributed by atoms with Crippen molar-refractivity contribution in [1.82, 2.24) is 0 Å². The van der Waals surface area contributed by atoms with Gasteiger partial charge in [-0.15, -0.1) is 0 Å². The van der Waals surface area contributed by atoms with E-state index in [1.54, 1.807) is 0 Å². The fraction of sp³-hybridized carbons (Fsp3) is 0.281. The minimum Gasteiger partial charge on any atom is -0.507 e. The molecule has 16 heteroatoms. The molecule has 48 heavy (non-hydrogen) atoms. The molecule has 16 nitrogen and oxygen atoms in total. The Morgan fingerprint density at radius 3 is 2.21 bits per heavy atom. The minimum absolute atomic E-state index is 0.110. The number of esters is 2. The maximum absolute atomic E-state index is 13.0. The molecule has 2 aliphatic heterocycles. The highest BCUT2D eigenvalue weighted by Crippen LogP contribution is 2.43. The summed E-state index contributed by atoms with van der Waals surface area (Å²) >= 11 is 0. The monoisotopic (exact) mass is 670 g/mol. The van der Waals surface area contributed by atoms with Gasteiger partial charge in [-0.25, -0.2) is 4.79 Å². The average Bonchev–Trinajstić information content (AvgIpc) is 3.03. The largest absolute Gasteiger partial charge is 0.507 e. The zero-order valence-electron chi connectivity index (χ0n) is 24.9. The number of carbonyl (C=O) groups is 3. The third-order valence-electron chi connectivity index (χ3n) is 7.44. The van der Waals surface area contributed by atoms with E-state index in [1.165, 1.54) is 30.3 Å². The first-order chi connectivity index (χ1) is 22.7. The molecule has 1 saturated heterocycles. The smallest absolute Gasteiger partial charge is 0.330 e. The number of aliphatic hydroxyl groups excluding tert-OH is 3. The van der Waals surface area contributed by atoms with Crippen molar-refractivity contribution in [2.24, 2.45) is 0 Å². The molecule has 2 heterocycles. The van der Waals surface area contributed by atoms with Crippen LogP contribution in [0.3, 0.4) is 0 Å². The third-order valence-corrected chi connectivity index (χ3v) is 7.44. The number of phenols is 5. The minimum atomic E-state index is -1.82. The molecule has 0 spiro atoms. The first-order valence-corrected chi connectivity index (χ1v) is 14.2. The summed E-state index contributed by atoms with van der Waals surface area (Å²) in [4.78, 5) is 37.2. The van der Waals surface area contributed by atoms with Crippen molar-refractivity contribution in [3.05, 3.63) is 71.3 Å². The van der Waals surface area contributed by atoms with Crippen molar-refractivity contribution >= 4 is 23.8 Å². The normalized spacial score (nSPS) is 25.2.